The predicted molar refractivity (Wildman–Crippen MR) is 125 cm³/mol. The molecule has 1 saturated carbocycles. The van der Waals surface area contributed by atoms with Crippen LogP contribution in [0.5, 0.6) is 0 Å². The fourth-order valence-electron chi connectivity index (χ4n) is 5.30. The number of benzene rings is 2. The summed E-state index contributed by atoms with van der Waals surface area (Å²) in [5, 5.41) is 0. The number of rotatable bonds is 3. The molecule has 1 spiro atoms. The van der Waals surface area contributed by atoms with Gasteiger partial charge in [-0.3, -0.25) is 14.5 Å². The molecule has 0 N–H and O–H groups in total. The van der Waals surface area contributed by atoms with Crippen LogP contribution in [-0.2, 0) is 9.59 Å². The lowest BCUT2D eigenvalue weighted by Gasteiger charge is -2.38. The Hall–Kier alpha value is -2.80. The van der Waals surface area contributed by atoms with Gasteiger partial charge in [-0.2, -0.15) is 0 Å². The van der Waals surface area contributed by atoms with Crippen molar-refractivity contribution in [1.29, 1.82) is 0 Å². The van der Waals surface area contributed by atoms with E-state index in [-0.39, 0.29) is 30.4 Å². The molecular formula is C25H27N3O3S. The second-order valence-electron chi connectivity index (χ2n) is 8.79. The standard InChI is InChI=1S/C25H27N3O3S/c1-26-24(31)27(23(30)25(26)14-8-3-9-15-25)16-22(29)28-19-12-6-7-13-21(19)32-17-20(28)18-10-4-2-5-11-18/h2,4-7,10-13,20H,3,8-9,14-17H2,1H3/t20-/m0/s1. The van der Waals surface area contributed by atoms with Crippen molar-refractivity contribution in [3.8, 4) is 0 Å². The highest BCUT2D eigenvalue weighted by atomic mass is 32.2. The smallest absolute Gasteiger partial charge is 0.313 e. The molecule has 1 aliphatic carbocycles. The zero-order valence-corrected chi connectivity index (χ0v) is 19.0. The maximum Gasteiger partial charge on any atom is 0.327 e. The Bertz CT molecular complexity index is 1050. The van der Waals surface area contributed by atoms with Crippen molar-refractivity contribution in [3.05, 3.63) is 60.2 Å². The molecule has 32 heavy (non-hydrogen) atoms. The van der Waals surface area contributed by atoms with Crippen LogP contribution >= 0.6 is 11.8 Å². The van der Waals surface area contributed by atoms with Gasteiger partial charge in [0.1, 0.15) is 12.1 Å². The van der Waals surface area contributed by atoms with Crippen molar-refractivity contribution >= 4 is 35.3 Å². The van der Waals surface area contributed by atoms with Gasteiger partial charge < -0.3 is 9.80 Å². The van der Waals surface area contributed by atoms with Gasteiger partial charge in [-0.25, -0.2) is 4.79 Å². The van der Waals surface area contributed by atoms with Gasteiger partial charge >= 0.3 is 6.03 Å². The van der Waals surface area contributed by atoms with Crippen molar-refractivity contribution < 1.29 is 14.4 Å². The first-order chi connectivity index (χ1) is 15.5. The molecule has 7 heteroatoms. The number of thioether (sulfide) groups is 1. The lowest BCUT2D eigenvalue weighted by Crippen LogP contribution is -2.50. The van der Waals surface area contributed by atoms with Crippen LogP contribution in [0.15, 0.2) is 59.5 Å². The molecule has 5 rings (SSSR count). The maximum absolute atomic E-state index is 13.7. The molecule has 6 nitrogen and oxygen atoms in total. The van der Waals surface area contributed by atoms with E-state index in [1.54, 1.807) is 28.6 Å². The van der Waals surface area contributed by atoms with Crippen LogP contribution in [0.4, 0.5) is 10.5 Å². The third-order valence-corrected chi connectivity index (χ3v) is 8.20. The van der Waals surface area contributed by atoms with E-state index in [0.29, 0.717) is 12.8 Å². The summed E-state index contributed by atoms with van der Waals surface area (Å²) >= 11 is 1.73. The first kappa shape index (κ1) is 21.1. The van der Waals surface area contributed by atoms with Crippen molar-refractivity contribution in [3.63, 3.8) is 0 Å². The Balaban J connectivity index is 1.46. The Morgan fingerprint density at radius 3 is 2.44 bits per heavy atom. The van der Waals surface area contributed by atoms with Crippen LogP contribution in [0, 0.1) is 0 Å². The van der Waals surface area contributed by atoms with Crippen LogP contribution in [0.2, 0.25) is 0 Å². The minimum absolute atomic E-state index is 0.155. The Labute approximate surface area is 192 Å². The third-order valence-electron chi connectivity index (χ3n) is 7.06. The number of para-hydroxylation sites is 1. The molecule has 1 saturated heterocycles. The average Bonchev–Trinajstić information content (AvgIpc) is 3.00. The molecule has 1 atom stereocenters. The van der Waals surface area contributed by atoms with E-state index in [1.807, 2.05) is 54.6 Å². The average molecular weight is 450 g/mol. The zero-order chi connectivity index (χ0) is 22.3. The van der Waals surface area contributed by atoms with Crippen molar-refractivity contribution in [1.82, 2.24) is 9.80 Å². The summed E-state index contributed by atoms with van der Waals surface area (Å²) < 4.78 is 0. The van der Waals surface area contributed by atoms with Gasteiger partial charge in [-0.15, -0.1) is 11.8 Å². The van der Waals surface area contributed by atoms with Crippen molar-refractivity contribution in [2.45, 2.75) is 48.6 Å². The number of fused-ring (bicyclic) bond motifs is 1. The normalized spacial score (nSPS) is 22.4. The fourth-order valence-corrected chi connectivity index (χ4v) is 6.47. The molecule has 0 radical (unpaired) electrons. The minimum atomic E-state index is -0.774. The lowest BCUT2D eigenvalue weighted by molar-refractivity contribution is -0.137. The minimum Gasteiger partial charge on any atom is -0.313 e. The number of carbonyl (C=O) groups is 3. The highest BCUT2D eigenvalue weighted by Gasteiger charge is 2.56. The number of anilines is 1. The molecular weight excluding hydrogens is 422 g/mol. The molecule has 2 fully saturated rings. The Kier molecular flexibility index (Phi) is 5.45. The maximum atomic E-state index is 13.7. The molecule has 0 bridgehead atoms. The Morgan fingerprint density at radius 1 is 1.00 bits per heavy atom. The summed E-state index contributed by atoms with van der Waals surface area (Å²) in [6, 6.07) is 17.3. The number of hydrogen-bond donors (Lipinski definition) is 0. The fraction of sp³-hybridized carbons (Fsp3) is 0.400. The first-order valence-corrected chi connectivity index (χ1v) is 12.2. The monoisotopic (exact) mass is 449 g/mol. The Morgan fingerprint density at radius 2 is 1.69 bits per heavy atom. The second kappa shape index (κ2) is 8.28. The van der Waals surface area contributed by atoms with E-state index in [2.05, 4.69) is 0 Å². The highest BCUT2D eigenvalue weighted by Crippen LogP contribution is 2.44. The third kappa shape index (κ3) is 3.30. The molecule has 3 aliphatic rings. The van der Waals surface area contributed by atoms with Crippen molar-refractivity contribution in [2.24, 2.45) is 0 Å². The molecule has 2 aromatic carbocycles. The van der Waals surface area contributed by atoms with E-state index < -0.39 is 5.54 Å². The van der Waals surface area contributed by atoms with E-state index in [9.17, 15) is 14.4 Å². The topological polar surface area (TPSA) is 60.9 Å². The summed E-state index contributed by atoms with van der Waals surface area (Å²) in [5.41, 5.74) is 1.11. The van der Waals surface area contributed by atoms with Gasteiger partial charge in [0.05, 0.1) is 11.7 Å². The SMILES string of the molecule is CN1C(=O)N(CC(=O)N2c3ccccc3SC[C@H]2c2ccccc2)C(=O)C12CCCCC2. The van der Waals surface area contributed by atoms with E-state index in [4.69, 9.17) is 0 Å². The molecule has 0 unspecified atom stereocenters. The van der Waals surface area contributed by atoms with Crippen LogP contribution in [0.3, 0.4) is 0 Å². The van der Waals surface area contributed by atoms with Crippen molar-refractivity contribution in [2.75, 3.05) is 24.2 Å². The molecule has 0 aromatic heterocycles. The highest BCUT2D eigenvalue weighted by molar-refractivity contribution is 7.99. The number of imide groups is 1. The van der Waals surface area contributed by atoms with Gasteiger partial charge in [-0.1, -0.05) is 61.7 Å². The molecule has 4 amide bonds. The van der Waals surface area contributed by atoms with Gasteiger partial charge in [0.15, 0.2) is 0 Å². The lowest BCUT2D eigenvalue weighted by atomic mass is 9.81. The summed E-state index contributed by atoms with van der Waals surface area (Å²) in [5.74, 6) is 0.280. The second-order valence-corrected chi connectivity index (χ2v) is 9.86. The van der Waals surface area contributed by atoms with Gasteiger partial charge in [0.25, 0.3) is 5.91 Å². The number of carbonyl (C=O) groups excluding carboxylic acids is 3. The van der Waals surface area contributed by atoms with Crippen LogP contribution in [0.25, 0.3) is 0 Å². The van der Waals surface area contributed by atoms with E-state index in [1.165, 1.54) is 4.90 Å². The number of urea groups is 1. The van der Waals surface area contributed by atoms with E-state index in [0.717, 1.165) is 41.2 Å². The quantitative estimate of drug-likeness (QED) is 0.649. The van der Waals surface area contributed by atoms with E-state index >= 15 is 0 Å². The van der Waals surface area contributed by atoms with Gasteiger partial charge in [-0.05, 0) is 30.5 Å². The summed E-state index contributed by atoms with van der Waals surface area (Å²) in [6.07, 6.45) is 4.29. The molecule has 2 aliphatic heterocycles. The zero-order valence-electron chi connectivity index (χ0n) is 18.2. The van der Waals surface area contributed by atoms with Crippen LogP contribution in [-0.4, -0.2) is 52.5 Å². The number of hydrogen-bond acceptors (Lipinski definition) is 4. The number of likely N-dealkylation sites (N-methyl/N-ethyl adjacent to an activating group) is 1. The van der Waals surface area contributed by atoms with Crippen LogP contribution < -0.4 is 4.90 Å². The summed E-state index contributed by atoms with van der Waals surface area (Å²) in [4.78, 5) is 45.8. The summed E-state index contributed by atoms with van der Waals surface area (Å²) in [6.45, 7) is -0.230. The number of nitrogens with zero attached hydrogens (tertiary/aromatic N) is 3. The predicted octanol–water partition coefficient (Wildman–Crippen LogP) is 4.46. The molecule has 2 heterocycles. The molecule has 2 aromatic rings. The largest absolute Gasteiger partial charge is 0.327 e. The van der Waals surface area contributed by atoms with Crippen LogP contribution in [0.1, 0.15) is 43.7 Å². The first-order valence-electron chi connectivity index (χ1n) is 11.2. The van der Waals surface area contributed by atoms with Gasteiger partial charge in [0, 0.05) is 17.7 Å². The summed E-state index contributed by atoms with van der Waals surface area (Å²) in [7, 11) is 1.70. The molecule has 166 valence electrons. The number of amides is 4. The van der Waals surface area contributed by atoms with Gasteiger partial charge in [0.2, 0.25) is 5.91 Å².